The Balaban J connectivity index is 1.69. The number of rotatable bonds is 7. The van der Waals surface area contributed by atoms with Crippen LogP contribution in [-0.2, 0) is 6.42 Å². The van der Waals surface area contributed by atoms with Gasteiger partial charge in [-0.15, -0.1) is 24.5 Å². The molecule has 0 saturated heterocycles. The smallest absolute Gasteiger partial charge is 0.539 e. The van der Waals surface area contributed by atoms with Crippen LogP contribution in [0.2, 0.25) is 0 Å². The lowest BCUT2D eigenvalue weighted by atomic mass is 10.1. The molecule has 0 fully saturated rings. The van der Waals surface area contributed by atoms with Crippen molar-refractivity contribution in [3.05, 3.63) is 52.7 Å². The number of unbranched alkanes of at least 4 members (excludes halogenated alkanes) is 1. The van der Waals surface area contributed by atoms with Gasteiger partial charge in [-0.05, 0) is 41.8 Å². The molecule has 0 aliphatic rings. The van der Waals surface area contributed by atoms with Crippen molar-refractivity contribution < 1.29 is 37.0 Å². The molecular weight excluding hydrogens is 461 g/mol. The molecule has 0 saturated carbocycles. The third-order valence-corrected chi connectivity index (χ3v) is 5.90. The van der Waals surface area contributed by atoms with E-state index in [4.69, 9.17) is 5.73 Å². The first kappa shape index (κ1) is 22.5. The van der Waals surface area contributed by atoms with Crippen LogP contribution in [0.15, 0.2) is 40.9 Å². The second kappa shape index (κ2) is 8.70. The standard InChI is InChI=1S/C21H17F3N4O4S/c1-2-3-4-11-5-10-14-15(25)18(33-19(14)26-11)17(29)16-20(30)32-27-28(16)12-6-8-13(9-7-12)31-21(22,23)24/h5-10H,2-4H2,1H3,(H2-,25,27,29,30). The number of carbonyl (C=O) groups is 1. The van der Waals surface area contributed by atoms with Crippen LogP contribution in [0, 0.1) is 0 Å². The van der Waals surface area contributed by atoms with Gasteiger partial charge < -0.3 is 20.1 Å². The summed E-state index contributed by atoms with van der Waals surface area (Å²) in [7, 11) is 0. The Hall–Kier alpha value is -3.67. The number of hydrogen-bond acceptors (Lipinski definition) is 8. The average molecular weight is 478 g/mol. The molecule has 3 aromatic heterocycles. The highest BCUT2D eigenvalue weighted by atomic mass is 32.1. The molecule has 0 bridgehead atoms. The molecule has 33 heavy (non-hydrogen) atoms. The minimum Gasteiger partial charge on any atom is -0.539 e. The summed E-state index contributed by atoms with van der Waals surface area (Å²) in [6.07, 6.45) is -2.08. The van der Waals surface area contributed by atoms with Gasteiger partial charge in [-0.25, -0.2) is 4.98 Å². The number of pyridine rings is 1. The van der Waals surface area contributed by atoms with E-state index >= 15 is 0 Å². The Morgan fingerprint density at radius 1 is 1.24 bits per heavy atom. The summed E-state index contributed by atoms with van der Waals surface area (Å²) in [5.41, 5.74) is 6.91. The van der Waals surface area contributed by atoms with Gasteiger partial charge in [0.2, 0.25) is 5.69 Å². The van der Waals surface area contributed by atoms with E-state index in [1.54, 1.807) is 6.07 Å². The third kappa shape index (κ3) is 4.60. The topological polar surface area (TPSA) is 118 Å². The summed E-state index contributed by atoms with van der Waals surface area (Å²) in [4.78, 5) is 18.4. The number of ketones is 1. The maximum Gasteiger partial charge on any atom is 0.573 e. The number of hydrogen-bond donors (Lipinski definition) is 1. The van der Waals surface area contributed by atoms with Crippen LogP contribution in [0.25, 0.3) is 15.9 Å². The number of thiophene rings is 1. The summed E-state index contributed by atoms with van der Waals surface area (Å²) in [6.45, 7) is 2.07. The highest BCUT2D eigenvalue weighted by molar-refractivity contribution is 7.21. The molecule has 0 radical (unpaired) electrons. The number of fused-ring (bicyclic) bond motifs is 1. The van der Waals surface area contributed by atoms with Crippen LogP contribution in [0.1, 0.15) is 40.8 Å². The fraction of sp³-hybridized carbons (Fsp3) is 0.238. The van der Waals surface area contributed by atoms with E-state index in [1.165, 1.54) is 12.1 Å². The van der Waals surface area contributed by atoms with Gasteiger partial charge in [-0.2, -0.15) is 0 Å². The summed E-state index contributed by atoms with van der Waals surface area (Å²) in [5, 5.41) is 16.4. The number of aromatic nitrogens is 3. The van der Waals surface area contributed by atoms with E-state index in [2.05, 4.69) is 26.4 Å². The lowest BCUT2D eigenvalue weighted by Gasteiger charge is -2.07. The van der Waals surface area contributed by atoms with E-state index in [0.29, 0.717) is 10.2 Å². The van der Waals surface area contributed by atoms with Crippen molar-refractivity contribution in [3.63, 3.8) is 0 Å². The van der Waals surface area contributed by atoms with E-state index in [1.807, 2.05) is 6.07 Å². The Morgan fingerprint density at radius 2 is 1.97 bits per heavy atom. The van der Waals surface area contributed by atoms with Crippen LogP contribution < -0.4 is 20.3 Å². The van der Waals surface area contributed by atoms with Gasteiger partial charge in [0.1, 0.15) is 15.5 Å². The summed E-state index contributed by atoms with van der Waals surface area (Å²) >= 11 is 1.05. The van der Waals surface area contributed by atoms with Gasteiger partial charge in [-0.1, -0.05) is 13.3 Å². The lowest BCUT2D eigenvalue weighted by Crippen LogP contribution is -2.39. The molecule has 0 aliphatic carbocycles. The molecule has 0 spiro atoms. The predicted molar refractivity (Wildman–Crippen MR) is 110 cm³/mol. The van der Waals surface area contributed by atoms with E-state index in [9.17, 15) is 23.1 Å². The summed E-state index contributed by atoms with van der Waals surface area (Å²) in [5.74, 6) is -2.21. The molecule has 172 valence electrons. The average Bonchev–Trinajstić information content (AvgIpc) is 3.31. The fourth-order valence-corrected chi connectivity index (χ4v) is 4.26. The molecule has 0 aliphatic heterocycles. The van der Waals surface area contributed by atoms with Crippen molar-refractivity contribution in [1.82, 2.24) is 10.3 Å². The van der Waals surface area contributed by atoms with Crippen molar-refractivity contribution in [3.8, 4) is 17.4 Å². The van der Waals surface area contributed by atoms with E-state index in [0.717, 1.165) is 53.1 Å². The Morgan fingerprint density at radius 3 is 2.64 bits per heavy atom. The minimum atomic E-state index is -4.85. The van der Waals surface area contributed by atoms with Crippen LogP contribution in [0.4, 0.5) is 18.9 Å². The Bertz CT molecular complexity index is 1320. The van der Waals surface area contributed by atoms with Gasteiger partial charge >= 0.3 is 12.1 Å². The first-order valence-corrected chi connectivity index (χ1v) is 10.7. The molecule has 0 unspecified atom stereocenters. The number of nitrogen functional groups attached to an aromatic ring is 1. The number of nitrogens with two attached hydrogens (primary N) is 1. The predicted octanol–water partition coefficient (Wildman–Crippen LogP) is 3.69. The highest BCUT2D eigenvalue weighted by Gasteiger charge is 2.33. The second-order valence-electron chi connectivity index (χ2n) is 7.10. The number of halogens is 3. The van der Waals surface area contributed by atoms with Crippen LogP contribution >= 0.6 is 11.3 Å². The summed E-state index contributed by atoms with van der Waals surface area (Å²) in [6, 6.07) is 8.09. The van der Waals surface area contributed by atoms with Crippen molar-refractivity contribution in [2.45, 2.75) is 32.5 Å². The number of nitrogens with zero attached hydrogens (tertiary/aromatic N) is 3. The summed E-state index contributed by atoms with van der Waals surface area (Å²) < 4.78 is 46.5. The minimum absolute atomic E-state index is 0.0937. The van der Waals surface area contributed by atoms with Crippen LogP contribution in [-0.4, -0.2) is 22.4 Å². The van der Waals surface area contributed by atoms with Crippen LogP contribution in [0.3, 0.4) is 0 Å². The SMILES string of the molecule is CCCCc1ccc2c(N)c(C(=O)c3c([O-])on[n+]3-c3ccc(OC(F)(F)F)cc3)sc2n1. The van der Waals surface area contributed by atoms with Crippen LogP contribution in [0.5, 0.6) is 11.7 Å². The number of benzene rings is 1. The zero-order chi connectivity index (χ0) is 23.8. The number of alkyl halides is 3. The number of ether oxygens (including phenoxy) is 1. The largest absolute Gasteiger partial charge is 0.573 e. The lowest BCUT2D eigenvalue weighted by molar-refractivity contribution is -0.672. The van der Waals surface area contributed by atoms with Crippen molar-refractivity contribution >= 4 is 33.0 Å². The number of carbonyl (C=O) groups excluding carboxylic acids is 1. The molecule has 3 heterocycles. The molecular formula is C21H17F3N4O4S. The molecule has 0 atom stereocenters. The number of anilines is 1. The zero-order valence-electron chi connectivity index (χ0n) is 17.2. The first-order valence-electron chi connectivity index (χ1n) is 9.85. The molecule has 12 heteroatoms. The normalized spacial score (nSPS) is 11.8. The van der Waals surface area contributed by atoms with Gasteiger partial charge in [0.05, 0.1) is 11.0 Å². The zero-order valence-corrected chi connectivity index (χ0v) is 18.0. The molecule has 4 aromatic rings. The van der Waals surface area contributed by atoms with Crippen molar-refractivity contribution in [2.75, 3.05) is 5.73 Å². The molecule has 1 aromatic carbocycles. The molecule has 4 rings (SSSR count). The van der Waals surface area contributed by atoms with E-state index < -0.39 is 29.5 Å². The molecule has 8 nitrogen and oxygen atoms in total. The highest BCUT2D eigenvalue weighted by Crippen LogP contribution is 2.35. The first-order chi connectivity index (χ1) is 15.7. The monoisotopic (exact) mass is 478 g/mol. The fourth-order valence-electron chi connectivity index (χ4n) is 3.21. The van der Waals surface area contributed by atoms with Crippen molar-refractivity contribution in [1.29, 1.82) is 0 Å². The van der Waals surface area contributed by atoms with Gasteiger partial charge in [0, 0.05) is 23.2 Å². The Labute approximate surface area is 189 Å². The molecule has 0 amide bonds. The maximum atomic E-state index is 13.2. The quantitative estimate of drug-likeness (QED) is 0.318. The van der Waals surface area contributed by atoms with Gasteiger partial charge in [0.25, 0.3) is 5.78 Å². The van der Waals surface area contributed by atoms with E-state index in [-0.39, 0.29) is 16.3 Å². The maximum absolute atomic E-state index is 13.2. The Kier molecular flexibility index (Phi) is 5.93. The molecule has 2 N–H and O–H groups in total. The second-order valence-corrected chi connectivity index (χ2v) is 8.09. The van der Waals surface area contributed by atoms with Gasteiger partial charge in [0.15, 0.2) is 5.95 Å². The third-order valence-electron chi connectivity index (χ3n) is 4.78. The number of aryl methyl sites for hydroxylation is 1. The van der Waals surface area contributed by atoms with Gasteiger partial charge in [-0.3, -0.25) is 4.79 Å². The van der Waals surface area contributed by atoms with Crippen molar-refractivity contribution in [2.24, 2.45) is 0 Å².